The highest BCUT2D eigenvalue weighted by molar-refractivity contribution is 9.10. The molecule has 0 aliphatic rings. The zero-order valence-electron chi connectivity index (χ0n) is 12.0. The van der Waals surface area contributed by atoms with Gasteiger partial charge in [-0.2, -0.15) is 0 Å². The van der Waals surface area contributed by atoms with Gasteiger partial charge < -0.3 is 14.2 Å². The first-order valence-electron chi connectivity index (χ1n) is 6.18. The molecule has 0 bridgehead atoms. The smallest absolute Gasteiger partial charge is 0.133 e. The van der Waals surface area contributed by atoms with Crippen LogP contribution in [-0.4, -0.2) is 21.3 Å². The summed E-state index contributed by atoms with van der Waals surface area (Å²) in [6, 6.07) is 9.70. The van der Waals surface area contributed by atoms with Crippen LogP contribution >= 0.6 is 15.9 Å². The van der Waals surface area contributed by atoms with Gasteiger partial charge in [0.25, 0.3) is 0 Å². The Hall–Kier alpha value is -1.68. The fourth-order valence-electron chi connectivity index (χ4n) is 2.22. The predicted octanol–water partition coefficient (Wildman–Crippen LogP) is 4.45. The van der Waals surface area contributed by atoms with E-state index in [2.05, 4.69) is 15.9 Å². The average Bonchev–Trinajstić information content (AvgIpc) is 2.47. The normalized spacial score (nSPS) is 10.2. The molecule has 0 N–H and O–H groups in total. The fourth-order valence-corrected chi connectivity index (χ4v) is 3.02. The minimum absolute atomic E-state index is 0.765. The molecule has 0 aromatic heterocycles. The number of rotatable bonds is 4. The first-order chi connectivity index (χ1) is 9.63. The number of aryl methyl sites for hydroxylation is 1. The third-order valence-electron chi connectivity index (χ3n) is 3.21. The molecular weight excluding hydrogens is 320 g/mol. The van der Waals surface area contributed by atoms with Crippen LogP contribution in [0, 0.1) is 6.92 Å². The maximum atomic E-state index is 5.48. The molecule has 3 nitrogen and oxygen atoms in total. The van der Waals surface area contributed by atoms with Gasteiger partial charge >= 0.3 is 0 Å². The summed E-state index contributed by atoms with van der Waals surface area (Å²) >= 11 is 3.62. The number of hydrogen-bond acceptors (Lipinski definition) is 3. The Morgan fingerprint density at radius 1 is 0.750 bits per heavy atom. The molecule has 0 heterocycles. The summed E-state index contributed by atoms with van der Waals surface area (Å²) in [5.74, 6) is 2.31. The minimum atomic E-state index is 0.765. The van der Waals surface area contributed by atoms with Crippen LogP contribution in [0.3, 0.4) is 0 Å². The van der Waals surface area contributed by atoms with Crippen molar-refractivity contribution >= 4 is 15.9 Å². The van der Waals surface area contributed by atoms with Crippen molar-refractivity contribution in [2.45, 2.75) is 6.92 Å². The van der Waals surface area contributed by atoms with Crippen LogP contribution < -0.4 is 14.2 Å². The second-order valence-corrected chi connectivity index (χ2v) is 5.10. The molecule has 2 rings (SSSR count). The van der Waals surface area contributed by atoms with Gasteiger partial charge in [0, 0.05) is 5.56 Å². The van der Waals surface area contributed by atoms with E-state index in [1.54, 1.807) is 21.3 Å². The number of benzene rings is 2. The van der Waals surface area contributed by atoms with E-state index < -0.39 is 0 Å². The standard InChI is InChI=1S/C16H17BrO3/c1-10-8-9-13(20-4)16(17)14(10)15-11(18-2)6-5-7-12(15)19-3/h5-9H,1-4H3. The van der Waals surface area contributed by atoms with Gasteiger partial charge in [0.2, 0.25) is 0 Å². The van der Waals surface area contributed by atoms with Crippen LogP contribution in [-0.2, 0) is 0 Å². The van der Waals surface area contributed by atoms with Crippen molar-refractivity contribution < 1.29 is 14.2 Å². The van der Waals surface area contributed by atoms with E-state index in [9.17, 15) is 0 Å². The van der Waals surface area contributed by atoms with Crippen molar-refractivity contribution in [3.8, 4) is 28.4 Å². The molecular formula is C16H17BrO3. The van der Waals surface area contributed by atoms with Crippen LogP contribution in [0.1, 0.15) is 5.56 Å². The molecule has 0 radical (unpaired) electrons. The van der Waals surface area contributed by atoms with Crippen LogP contribution in [0.5, 0.6) is 17.2 Å². The van der Waals surface area contributed by atoms with E-state index in [4.69, 9.17) is 14.2 Å². The monoisotopic (exact) mass is 336 g/mol. The Balaban J connectivity index is 2.80. The van der Waals surface area contributed by atoms with Crippen LogP contribution in [0.15, 0.2) is 34.8 Å². The van der Waals surface area contributed by atoms with Gasteiger partial charge in [0.15, 0.2) is 0 Å². The van der Waals surface area contributed by atoms with Gasteiger partial charge in [-0.15, -0.1) is 0 Å². The highest BCUT2D eigenvalue weighted by Crippen LogP contribution is 2.46. The molecule has 106 valence electrons. The molecule has 0 saturated heterocycles. The number of ether oxygens (including phenoxy) is 3. The van der Waals surface area contributed by atoms with Gasteiger partial charge in [-0.05, 0) is 46.6 Å². The van der Waals surface area contributed by atoms with E-state index in [-0.39, 0.29) is 0 Å². The van der Waals surface area contributed by atoms with Gasteiger partial charge in [-0.3, -0.25) is 0 Å². The molecule has 0 amide bonds. The second-order valence-electron chi connectivity index (χ2n) is 4.31. The molecule has 0 unspecified atom stereocenters. The first kappa shape index (κ1) is 14.7. The van der Waals surface area contributed by atoms with Crippen molar-refractivity contribution in [2.24, 2.45) is 0 Å². The molecule has 0 fully saturated rings. The Morgan fingerprint density at radius 2 is 1.30 bits per heavy atom. The lowest BCUT2D eigenvalue weighted by Gasteiger charge is -2.18. The quantitative estimate of drug-likeness (QED) is 0.825. The summed E-state index contributed by atoms with van der Waals surface area (Å²) in [6.07, 6.45) is 0. The molecule has 2 aromatic carbocycles. The zero-order valence-corrected chi connectivity index (χ0v) is 13.6. The van der Waals surface area contributed by atoms with E-state index >= 15 is 0 Å². The molecule has 0 aliphatic heterocycles. The van der Waals surface area contributed by atoms with Gasteiger partial charge in [-0.25, -0.2) is 0 Å². The fraction of sp³-hybridized carbons (Fsp3) is 0.250. The molecule has 0 spiro atoms. The van der Waals surface area contributed by atoms with Crippen molar-refractivity contribution in [1.29, 1.82) is 0 Å². The SMILES string of the molecule is COc1ccc(C)c(-c2c(OC)cccc2OC)c1Br. The van der Waals surface area contributed by atoms with Crippen molar-refractivity contribution in [2.75, 3.05) is 21.3 Å². The maximum Gasteiger partial charge on any atom is 0.133 e. The molecule has 0 aliphatic carbocycles. The van der Waals surface area contributed by atoms with Crippen LogP contribution in [0.25, 0.3) is 11.1 Å². The number of hydrogen-bond donors (Lipinski definition) is 0. The lowest BCUT2D eigenvalue weighted by atomic mass is 9.98. The minimum Gasteiger partial charge on any atom is -0.496 e. The zero-order chi connectivity index (χ0) is 14.7. The first-order valence-corrected chi connectivity index (χ1v) is 6.97. The number of halogens is 1. The highest BCUT2D eigenvalue weighted by Gasteiger charge is 2.19. The molecule has 0 saturated carbocycles. The second kappa shape index (κ2) is 6.18. The summed E-state index contributed by atoms with van der Waals surface area (Å²) in [4.78, 5) is 0. The third kappa shape index (κ3) is 2.48. The number of methoxy groups -OCH3 is 3. The molecule has 0 atom stereocenters. The van der Waals surface area contributed by atoms with Gasteiger partial charge in [0.1, 0.15) is 17.2 Å². The van der Waals surface area contributed by atoms with E-state index in [0.29, 0.717) is 0 Å². The van der Waals surface area contributed by atoms with Crippen molar-refractivity contribution in [3.63, 3.8) is 0 Å². The average molecular weight is 337 g/mol. The van der Waals surface area contributed by atoms with Crippen molar-refractivity contribution in [3.05, 3.63) is 40.4 Å². The lowest BCUT2D eigenvalue weighted by molar-refractivity contribution is 0.397. The Morgan fingerprint density at radius 3 is 1.80 bits per heavy atom. The van der Waals surface area contributed by atoms with Crippen LogP contribution in [0.2, 0.25) is 0 Å². The van der Waals surface area contributed by atoms with Gasteiger partial charge in [0.05, 0.1) is 31.4 Å². The van der Waals surface area contributed by atoms with E-state index in [1.807, 2.05) is 37.3 Å². The summed E-state index contributed by atoms with van der Waals surface area (Å²) in [7, 11) is 4.96. The highest BCUT2D eigenvalue weighted by atomic mass is 79.9. The molecule has 20 heavy (non-hydrogen) atoms. The predicted molar refractivity (Wildman–Crippen MR) is 84.0 cm³/mol. The summed E-state index contributed by atoms with van der Waals surface area (Å²) in [5, 5.41) is 0. The Kier molecular flexibility index (Phi) is 4.55. The maximum absolute atomic E-state index is 5.48. The summed E-state index contributed by atoms with van der Waals surface area (Å²) in [6.45, 7) is 2.05. The molecule has 2 aromatic rings. The Labute approximate surface area is 127 Å². The topological polar surface area (TPSA) is 27.7 Å². The lowest BCUT2D eigenvalue weighted by Crippen LogP contribution is -1.96. The van der Waals surface area contributed by atoms with Crippen LogP contribution in [0.4, 0.5) is 0 Å². The summed E-state index contributed by atoms with van der Waals surface area (Å²) in [5.41, 5.74) is 3.04. The van der Waals surface area contributed by atoms with Gasteiger partial charge in [-0.1, -0.05) is 12.1 Å². The van der Waals surface area contributed by atoms with Crippen molar-refractivity contribution in [1.82, 2.24) is 0 Å². The van der Waals surface area contributed by atoms with E-state index in [1.165, 1.54) is 0 Å². The van der Waals surface area contributed by atoms with E-state index in [0.717, 1.165) is 38.4 Å². The Bertz CT molecular complexity index is 601. The molecule has 4 heteroatoms. The third-order valence-corrected chi connectivity index (χ3v) is 4.00. The summed E-state index contributed by atoms with van der Waals surface area (Å²) < 4.78 is 17.2. The largest absolute Gasteiger partial charge is 0.496 e.